The van der Waals surface area contributed by atoms with Gasteiger partial charge in [0.2, 0.25) is 0 Å². The molecule has 0 unspecified atom stereocenters. The molecule has 118 valence electrons. The van der Waals surface area contributed by atoms with Crippen LogP contribution in [0.15, 0.2) is 23.5 Å². The van der Waals surface area contributed by atoms with E-state index in [4.69, 9.17) is 34.8 Å². The van der Waals surface area contributed by atoms with Gasteiger partial charge >= 0.3 is 0 Å². The third-order valence-corrected chi connectivity index (χ3v) is 4.14. The summed E-state index contributed by atoms with van der Waals surface area (Å²) in [4.78, 5) is 19.4. The summed E-state index contributed by atoms with van der Waals surface area (Å²) in [5.41, 5.74) is 1.11. The number of fused-ring (bicyclic) bond motifs is 1. The molecule has 23 heavy (non-hydrogen) atoms. The number of hydrogen-bond donors (Lipinski definition) is 1. The van der Waals surface area contributed by atoms with E-state index in [0.717, 1.165) is 0 Å². The zero-order chi connectivity index (χ0) is 16.7. The van der Waals surface area contributed by atoms with Gasteiger partial charge < -0.3 is 4.98 Å². The van der Waals surface area contributed by atoms with Crippen molar-refractivity contribution in [1.82, 2.24) is 19.7 Å². The van der Waals surface area contributed by atoms with Crippen LogP contribution in [0.2, 0.25) is 15.1 Å². The molecule has 0 saturated carbocycles. The van der Waals surface area contributed by atoms with Crippen molar-refractivity contribution in [3.05, 3.63) is 55.7 Å². The van der Waals surface area contributed by atoms with E-state index in [1.165, 1.54) is 10.8 Å². The first-order chi connectivity index (χ1) is 11.0. The lowest BCUT2D eigenvalue weighted by Gasteiger charge is -2.08. The lowest BCUT2D eigenvalue weighted by Crippen LogP contribution is -2.11. The Morgan fingerprint density at radius 2 is 1.96 bits per heavy atom. The number of aromatic amines is 1. The topological polar surface area (TPSA) is 63.6 Å². The van der Waals surface area contributed by atoms with Crippen molar-refractivity contribution in [2.75, 3.05) is 0 Å². The number of hydrogen-bond acceptors (Lipinski definition) is 3. The SMILES string of the molecule is C=Cc1nc2c(c(CC)nn2-c2c(Cl)cc(Cl)cc2Cl)c(=O)[nH]1. The number of nitrogens with zero attached hydrogens (tertiary/aromatic N) is 3. The fraction of sp³-hybridized carbons (Fsp3) is 0.133. The van der Waals surface area contributed by atoms with E-state index >= 15 is 0 Å². The Hall–Kier alpha value is -1.82. The first kappa shape index (κ1) is 16.1. The summed E-state index contributed by atoms with van der Waals surface area (Å²) in [5.74, 6) is 0.340. The summed E-state index contributed by atoms with van der Waals surface area (Å²) >= 11 is 18.5. The summed E-state index contributed by atoms with van der Waals surface area (Å²) in [6, 6.07) is 3.12. The number of aryl methyl sites for hydroxylation is 1. The molecular weight excluding hydrogens is 359 g/mol. The predicted octanol–water partition coefficient (Wildman–Crippen LogP) is 4.27. The van der Waals surface area contributed by atoms with Crippen LogP contribution in [0.25, 0.3) is 22.8 Å². The minimum absolute atomic E-state index is 0.283. The third-order valence-electron chi connectivity index (χ3n) is 3.35. The summed E-state index contributed by atoms with van der Waals surface area (Å²) in [6.45, 7) is 5.52. The molecular formula is C15H11Cl3N4O. The highest BCUT2D eigenvalue weighted by atomic mass is 35.5. The molecule has 3 rings (SSSR count). The fourth-order valence-electron chi connectivity index (χ4n) is 2.35. The van der Waals surface area contributed by atoms with E-state index in [0.29, 0.717) is 49.7 Å². The number of benzene rings is 1. The van der Waals surface area contributed by atoms with Crippen molar-refractivity contribution in [3.63, 3.8) is 0 Å². The second-order valence-corrected chi connectivity index (χ2v) is 6.03. The number of nitrogens with one attached hydrogen (secondary N) is 1. The lowest BCUT2D eigenvalue weighted by molar-refractivity contribution is 0.853. The van der Waals surface area contributed by atoms with Crippen molar-refractivity contribution in [2.24, 2.45) is 0 Å². The zero-order valence-corrected chi connectivity index (χ0v) is 14.3. The molecule has 8 heteroatoms. The van der Waals surface area contributed by atoms with Gasteiger partial charge in [-0.1, -0.05) is 48.3 Å². The monoisotopic (exact) mass is 368 g/mol. The Morgan fingerprint density at radius 3 is 2.52 bits per heavy atom. The van der Waals surface area contributed by atoms with Crippen LogP contribution < -0.4 is 5.56 Å². The highest BCUT2D eigenvalue weighted by Gasteiger charge is 2.20. The maximum Gasteiger partial charge on any atom is 0.262 e. The van der Waals surface area contributed by atoms with Crippen molar-refractivity contribution in [2.45, 2.75) is 13.3 Å². The average Bonchev–Trinajstić information content (AvgIpc) is 2.85. The molecule has 0 aliphatic heterocycles. The Balaban J connectivity index is 2.46. The minimum atomic E-state index is -0.283. The molecule has 0 bridgehead atoms. The fourth-order valence-corrected chi connectivity index (χ4v) is 3.32. The van der Waals surface area contributed by atoms with Crippen LogP contribution in [0.4, 0.5) is 0 Å². The van der Waals surface area contributed by atoms with E-state index < -0.39 is 0 Å². The van der Waals surface area contributed by atoms with E-state index in [1.807, 2.05) is 6.92 Å². The van der Waals surface area contributed by atoms with Gasteiger partial charge in [0, 0.05) is 5.02 Å². The average molecular weight is 370 g/mol. The lowest BCUT2D eigenvalue weighted by atomic mass is 10.2. The molecule has 0 atom stereocenters. The van der Waals surface area contributed by atoms with Crippen LogP contribution >= 0.6 is 34.8 Å². The molecule has 0 spiro atoms. The molecule has 2 heterocycles. The van der Waals surface area contributed by atoms with E-state index in [-0.39, 0.29) is 5.56 Å². The Morgan fingerprint density at radius 1 is 1.30 bits per heavy atom. The molecule has 1 aromatic carbocycles. The van der Waals surface area contributed by atoms with E-state index in [2.05, 4.69) is 21.6 Å². The summed E-state index contributed by atoms with van der Waals surface area (Å²) < 4.78 is 1.47. The van der Waals surface area contributed by atoms with Gasteiger partial charge in [-0.15, -0.1) is 0 Å². The van der Waals surface area contributed by atoms with Gasteiger partial charge in [0.25, 0.3) is 5.56 Å². The zero-order valence-electron chi connectivity index (χ0n) is 12.0. The first-order valence-electron chi connectivity index (χ1n) is 6.75. The van der Waals surface area contributed by atoms with E-state index in [9.17, 15) is 4.79 Å². The second kappa shape index (κ2) is 6.00. The molecule has 0 amide bonds. The van der Waals surface area contributed by atoms with Crippen LogP contribution in [-0.2, 0) is 6.42 Å². The van der Waals surface area contributed by atoms with Crippen molar-refractivity contribution >= 4 is 51.9 Å². The predicted molar refractivity (Wildman–Crippen MR) is 94.0 cm³/mol. The first-order valence-corrected chi connectivity index (χ1v) is 7.89. The molecule has 0 aliphatic carbocycles. The van der Waals surface area contributed by atoms with Gasteiger partial charge in [-0.3, -0.25) is 4.79 Å². The van der Waals surface area contributed by atoms with Gasteiger partial charge in [0.05, 0.1) is 15.7 Å². The van der Waals surface area contributed by atoms with Crippen LogP contribution in [-0.4, -0.2) is 19.7 Å². The van der Waals surface area contributed by atoms with Gasteiger partial charge in [0.15, 0.2) is 5.65 Å². The third kappa shape index (κ3) is 2.65. The van der Waals surface area contributed by atoms with Crippen LogP contribution in [0, 0.1) is 0 Å². The molecule has 0 fully saturated rings. The number of H-pyrrole nitrogens is 1. The number of aromatic nitrogens is 4. The van der Waals surface area contributed by atoms with Gasteiger partial charge in [-0.25, -0.2) is 9.67 Å². The Labute approximate surface area is 146 Å². The maximum absolute atomic E-state index is 12.3. The standard InChI is InChI=1S/C15H11Cl3N4O/c1-3-10-12-14(19-11(4-2)20-15(12)23)22(21-10)13-8(17)5-7(16)6-9(13)18/h4-6H,2-3H2,1H3,(H,19,20,23). The highest BCUT2D eigenvalue weighted by molar-refractivity contribution is 6.40. The summed E-state index contributed by atoms with van der Waals surface area (Å²) in [6.07, 6.45) is 2.01. The smallest absolute Gasteiger partial charge is 0.262 e. The van der Waals surface area contributed by atoms with Gasteiger partial charge in [-0.05, 0) is 24.6 Å². The second-order valence-electron chi connectivity index (χ2n) is 4.78. The maximum atomic E-state index is 12.3. The molecule has 5 nitrogen and oxygen atoms in total. The quantitative estimate of drug-likeness (QED) is 0.749. The van der Waals surface area contributed by atoms with Gasteiger partial charge in [0.1, 0.15) is 16.9 Å². The van der Waals surface area contributed by atoms with Crippen molar-refractivity contribution < 1.29 is 0 Å². The molecule has 3 aromatic rings. The molecule has 0 radical (unpaired) electrons. The van der Waals surface area contributed by atoms with Crippen LogP contribution in [0.5, 0.6) is 0 Å². The highest BCUT2D eigenvalue weighted by Crippen LogP contribution is 2.33. The van der Waals surface area contributed by atoms with Crippen molar-refractivity contribution in [3.8, 4) is 5.69 Å². The minimum Gasteiger partial charge on any atom is -0.306 e. The van der Waals surface area contributed by atoms with Crippen LogP contribution in [0.3, 0.4) is 0 Å². The molecule has 2 aromatic heterocycles. The molecule has 0 saturated heterocycles. The van der Waals surface area contributed by atoms with Gasteiger partial charge in [-0.2, -0.15) is 5.10 Å². The number of rotatable bonds is 3. The Bertz CT molecular complexity index is 967. The van der Waals surface area contributed by atoms with Crippen molar-refractivity contribution in [1.29, 1.82) is 0 Å². The van der Waals surface area contributed by atoms with Crippen LogP contribution in [0.1, 0.15) is 18.4 Å². The molecule has 0 aliphatic rings. The summed E-state index contributed by atoms with van der Waals surface area (Å²) in [5, 5.41) is 5.90. The number of halogens is 3. The largest absolute Gasteiger partial charge is 0.306 e. The molecule has 1 N–H and O–H groups in total. The normalized spacial score (nSPS) is 11.1. The summed E-state index contributed by atoms with van der Waals surface area (Å²) in [7, 11) is 0. The van der Waals surface area contributed by atoms with E-state index in [1.54, 1.807) is 12.1 Å². The Kier molecular flexibility index (Phi) is 4.19.